The largest absolute Gasteiger partial charge is 0.379 e. The molecule has 0 aliphatic carbocycles. The van der Waals surface area contributed by atoms with Gasteiger partial charge in [0.05, 0.1) is 6.61 Å². The Morgan fingerprint density at radius 3 is 2.43 bits per heavy atom. The van der Waals surface area contributed by atoms with Gasteiger partial charge in [0.1, 0.15) is 0 Å². The SMILES string of the molecule is CN=C(NCCOCC(C)C)NCCN1CCCCC1.I. The number of rotatable bonds is 8. The van der Waals surface area contributed by atoms with Crippen LogP contribution in [0.4, 0.5) is 0 Å². The van der Waals surface area contributed by atoms with E-state index in [0.717, 1.165) is 38.8 Å². The number of hydrogen-bond donors (Lipinski definition) is 2. The van der Waals surface area contributed by atoms with Crippen molar-refractivity contribution in [2.24, 2.45) is 10.9 Å². The predicted octanol–water partition coefficient (Wildman–Crippen LogP) is 1.93. The summed E-state index contributed by atoms with van der Waals surface area (Å²) in [6.07, 6.45) is 4.09. The van der Waals surface area contributed by atoms with Gasteiger partial charge in [0.25, 0.3) is 0 Å². The van der Waals surface area contributed by atoms with Crippen molar-refractivity contribution in [3.63, 3.8) is 0 Å². The van der Waals surface area contributed by atoms with E-state index in [0.29, 0.717) is 5.92 Å². The van der Waals surface area contributed by atoms with Gasteiger partial charge < -0.3 is 20.3 Å². The van der Waals surface area contributed by atoms with Crippen LogP contribution in [-0.4, -0.2) is 63.8 Å². The first kappa shape index (κ1) is 20.9. The van der Waals surface area contributed by atoms with Crippen molar-refractivity contribution in [2.75, 3.05) is 53.0 Å². The average Bonchev–Trinajstić information content (AvgIpc) is 2.46. The van der Waals surface area contributed by atoms with Crippen LogP contribution in [0, 0.1) is 5.92 Å². The topological polar surface area (TPSA) is 48.9 Å². The van der Waals surface area contributed by atoms with Gasteiger partial charge in [-0.15, -0.1) is 24.0 Å². The van der Waals surface area contributed by atoms with E-state index in [1.807, 2.05) is 7.05 Å². The molecule has 0 bridgehead atoms. The maximum atomic E-state index is 5.54. The van der Waals surface area contributed by atoms with Gasteiger partial charge in [-0.3, -0.25) is 4.99 Å². The minimum absolute atomic E-state index is 0. The first-order valence-electron chi connectivity index (χ1n) is 7.97. The molecule has 1 aliphatic rings. The number of halogens is 1. The standard InChI is InChI=1S/C15H32N4O.HI/c1-14(2)13-20-12-8-18-15(16-3)17-7-11-19-9-5-4-6-10-19;/h14H,4-13H2,1-3H3,(H2,16,17,18);1H. The van der Waals surface area contributed by atoms with Crippen LogP contribution in [0.15, 0.2) is 4.99 Å². The molecule has 0 spiro atoms. The molecule has 2 N–H and O–H groups in total. The van der Waals surface area contributed by atoms with Crippen LogP contribution in [0.25, 0.3) is 0 Å². The molecule has 0 aromatic rings. The molecule has 0 unspecified atom stereocenters. The summed E-state index contributed by atoms with van der Waals surface area (Å²) in [5.41, 5.74) is 0. The lowest BCUT2D eigenvalue weighted by Crippen LogP contribution is -2.43. The number of hydrogen-bond acceptors (Lipinski definition) is 3. The van der Waals surface area contributed by atoms with Crippen molar-refractivity contribution >= 4 is 29.9 Å². The van der Waals surface area contributed by atoms with E-state index in [2.05, 4.69) is 34.4 Å². The molecule has 1 heterocycles. The minimum atomic E-state index is 0. The van der Waals surface area contributed by atoms with E-state index in [-0.39, 0.29) is 24.0 Å². The van der Waals surface area contributed by atoms with Crippen LogP contribution in [-0.2, 0) is 4.74 Å². The third-order valence-corrected chi connectivity index (χ3v) is 3.38. The van der Waals surface area contributed by atoms with Crippen LogP contribution in [0.3, 0.4) is 0 Å². The highest BCUT2D eigenvalue weighted by atomic mass is 127. The Bertz CT molecular complexity index is 268. The zero-order chi connectivity index (χ0) is 14.6. The summed E-state index contributed by atoms with van der Waals surface area (Å²) in [5, 5.41) is 6.63. The second kappa shape index (κ2) is 13.6. The molecule has 0 atom stereocenters. The lowest BCUT2D eigenvalue weighted by atomic mass is 10.1. The quantitative estimate of drug-likeness (QED) is 0.277. The zero-order valence-corrected chi connectivity index (χ0v) is 16.2. The van der Waals surface area contributed by atoms with E-state index in [1.165, 1.54) is 32.4 Å². The molecule has 0 saturated carbocycles. The van der Waals surface area contributed by atoms with Crippen LogP contribution in [0.2, 0.25) is 0 Å². The Balaban J connectivity index is 0.00000400. The summed E-state index contributed by atoms with van der Waals surface area (Å²) in [4.78, 5) is 6.75. The molecule has 0 aromatic carbocycles. The number of aliphatic imine (C=N–C) groups is 1. The maximum Gasteiger partial charge on any atom is 0.191 e. The van der Waals surface area contributed by atoms with Crippen molar-refractivity contribution in [3.05, 3.63) is 0 Å². The Morgan fingerprint density at radius 2 is 1.81 bits per heavy atom. The molecule has 0 radical (unpaired) electrons. The molecular weight excluding hydrogens is 379 g/mol. The number of ether oxygens (including phenoxy) is 1. The Kier molecular flexibility index (Phi) is 13.5. The van der Waals surface area contributed by atoms with Crippen molar-refractivity contribution in [3.8, 4) is 0 Å². The summed E-state index contributed by atoms with van der Waals surface area (Å²) >= 11 is 0. The highest BCUT2D eigenvalue weighted by molar-refractivity contribution is 14.0. The van der Waals surface area contributed by atoms with Gasteiger partial charge in [0, 0.05) is 33.3 Å². The number of nitrogens with one attached hydrogen (secondary N) is 2. The molecule has 21 heavy (non-hydrogen) atoms. The van der Waals surface area contributed by atoms with Crippen molar-refractivity contribution in [1.29, 1.82) is 0 Å². The van der Waals surface area contributed by atoms with Crippen LogP contribution in [0.5, 0.6) is 0 Å². The van der Waals surface area contributed by atoms with Gasteiger partial charge in [-0.05, 0) is 31.8 Å². The number of piperidine rings is 1. The zero-order valence-electron chi connectivity index (χ0n) is 13.9. The smallest absolute Gasteiger partial charge is 0.191 e. The second-order valence-corrected chi connectivity index (χ2v) is 5.80. The summed E-state index contributed by atoms with van der Waals surface area (Å²) in [7, 11) is 1.81. The maximum absolute atomic E-state index is 5.54. The Hall–Kier alpha value is -0.0800. The van der Waals surface area contributed by atoms with Crippen LogP contribution >= 0.6 is 24.0 Å². The fourth-order valence-electron chi connectivity index (χ4n) is 2.30. The fourth-order valence-corrected chi connectivity index (χ4v) is 2.30. The Morgan fingerprint density at radius 1 is 1.14 bits per heavy atom. The van der Waals surface area contributed by atoms with Crippen molar-refractivity contribution < 1.29 is 4.74 Å². The van der Waals surface area contributed by atoms with Gasteiger partial charge in [-0.2, -0.15) is 0 Å². The molecule has 1 aliphatic heterocycles. The molecule has 0 aromatic heterocycles. The van der Waals surface area contributed by atoms with Crippen molar-refractivity contribution in [1.82, 2.24) is 15.5 Å². The highest BCUT2D eigenvalue weighted by Gasteiger charge is 2.09. The molecule has 126 valence electrons. The number of likely N-dealkylation sites (tertiary alicyclic amines) is 1. The molecule has 1 fully saturated rings. The first-order valence-corrected chi connectivity index (χ1v) is 7.97. The number of nitrogens with zero attached hydrogens (tertiary/aromatic N) is 2. The van der Waals surface area contributed by atoms with E-state index < -0.39 is 0 Å². The van der Waals surface area contributed by atoms with Gasteiger partial charge in [0.2, 0.25) is 0 Å². The summed E-state index contributed by atoms with van der Waals surface area (Å²) in [5.74, 6) is 1.46. The minimum Gasteiger partial charge on any atom is -0.379 e. The summed E-state index contributed by atoms with van der Waals surface area (Å²) < 4.78 is 5.54. The van der Waals surface area contributed by atoms with Gasteiger partial charge >= 0.3 is 0 Å². The van der Waals surface area contributed by atoms with Crippen molar-refractivity contribution in [2.45, 2.75) is 33.1 Å². The lowest BCUT2D eigenvalue weighted by Gasteiger charge is -2.26. The molecule has 1 rings (SSSR count). The highest BCUT2D eigenvalue weighted by Crippen LogP contribution is 2.07. The van der Waals surface area contributed by atoms with Gasteiger partial charge in [-0.1, -0.05) is 20.3 Å². The summed E-state index contributed by atoms with van der Waals surface area (Å²) in [6, 6.07) is 0. The van der Waals surface area contributed by atoms with E-state index in [1.54, 1.807) is 0 Å². The summed E-state index contributed by atoms with van der Waals surface area (Å²) in [6.45, 7) is 11.2. The molecule has 5 nitrogen and oxygen atoms in total. The molecule has 1 saturated heterocycles. The Labute approximate surface area is 147 Å². The van der Waals surface area contributed by atoms with Crippen LogP contribution < -0.4 is 10.6 Å². The third kappa shape index (κ3) is 11.2. The van der Waals surface area contributed by atoms with Gasteiger partial charge in [0.15, 0.2) is 5.96 Å². The average molecular weight is 412 g/mol. The normalized spacial score (nSPS) is 16.7. The fraction of sp³-hybridized carbons (Fsp3) is 0.933. The van der Waals surface area contributed by atoms with Gasteiger partial charge in [-0.25, -0.2) is 0 Å². The predicted molar refractivity (Wildman–Crippen MR) is 101 cm³/mol. The van der Waals surface area contributed by atoms with Crippen LogP contribution in [0.1, 0.15) is 33.1 Å². The molecule has 0 amide bonds. The molecular formula is C15H33IN4O. The second-order valence-electron chi connectivity index (χ2n) is 5.80. The monoisotopic (exact) mass is 412 g/mol. The lowest BCUT2D eigenvalue weighted by molar-refractivity contribution is 0.114. The molecule has 6 heteroatoms. The van der Waals surface area contributed by atoms with E-state index >= 15 is 0 Å². The van der Waals surface area contributed by atoms with E-state index in [9.17, 15) is 0 Å². The first-order chi connectivity index (χ1) is 9.72. The third-order valence-electron chi connectivity index (χ3n) is 3.38. The van der Waals surface area contributed by atoms with E-state index in [4.69, 9.17) is 4.74 Å². The number of guanidine groups is 1.